The van der Waals surface area contributed by atoms with Gasteiger partial charge < -0.3 is 16.0 Å². The molecule has 1 aromatic rings. The standard InChI is InChI=1S/C18H29N3O2S.ClH/c1-13-11-15(14(2)24-13)5-3-7-17(22)21-10-4-6-16(12-21)18(23)20-9-8-19;/h11,16H,3-10,12,19H2,1-2H3,(H,20,23);1H. The number of piperidine rings is 1. The molecule has 25 heavy (non-hydrogen) atoms. The lowest BCUT2D eigenvalue weighted by molar-refractivity contribution is -0.135. The molecule has 1 atom stereocenters. The number of aryl methyl sites for hydroxylation is 3. The zero-order chi connectivity index (χ0) is 17.5. The van der Waals surface area contributed by atoms with E-state index in [-0.39, 0.29) is 30.1 Å². The van der Waals surface area contributed by atoms with Crippen molar-refractivity contribution in [1.82, 2.24) is 10.2 Å². The number of carbonyl (C=O) groups excluding carboxylic acids is 2. The zero-order valence-electron chi connectivity index (χ0n) is 15.2. The van der Waals surface area contributed by atoms with Gasteiger partial charge in [0.2, 0.25) is 11.8 Å². The highest BCUT2D eigenvalue weighted by Crippen LogP contribution is 2.23. The molecule has 7 heteroatoms. The monoisotopic (exact) mass is 387 g/mol. The summed E-state index contributed by atoms with van der Waals surface area (Å²) in [7, 11) is 0. The SMILES string of the molecule is Cc1cc(CCCC(=O)N2CCCC(C(=O)NCCN)C2)c(C)s1.Cl. The second kappa shape index (κ2) is 10.8. The largest absolute Gasteiger partial charge is 0.355 e. The molecule has 1 fully saturated rings. The van der Waals surface area contributed by atoms with E-state index in [1.165, 1.54) is 15.3 Å². The molecule has 5 nitrogen and oxygen atoms in total. The summed E-state index contributed by atoms with van der Waals surface area (Å²) in [5.74, 6) is 0.120. The highest BCUT2D eigenvalue weighted by molar-refractivity contribution is 7.12. The molecule has 1 aliphatic heterocycles. The van der Waals surface area contributed by atoms with Gasteiger partial charge in [0.05, 0.1) is 5.92 Å². The van der Waals surface area contributed by atoms with Crippen molar-refractivity contribution in [3.8, 4) is 0 Å². The van der Waals surface area contributed by atoms with Crippen molar-refractivity contribution in [1.29, 1.82) is 0 Å². The normalized spacial score (nSPS) is 17.1. The molecule has 3 N–H and O–H groups in total. The first-order chi connectivity index (χ1) is 11.5. The number of hydrogen-bond donors (Lipinski definition) is 2. The molecule has 0 aliphatic carbocycles. The Morgan fingerprint density at radius 2 is 2.16 bits per heavy atom. The van der Waals surface area contributed by atoms with Crippen LogP contribution in [0.5, 0.6) is 0 Å². The van der Waals surface area contributed by atoms with Gasteiger partial charge in [-0.2, -0.15) is 0 Å². The van der Waals surface area contributed by atoms with Crippen LogP contribution in [0.4, 0.5) is 0 Å². The Balaban J connectivity index is 0.00000312. The average Bonchev–Trinajstić information content (AvgIpc) is 2.90. The van der Waals surface area contributed by atoms with Crippen molar-refractivity contribution < 1.29 is 9.59 Å². The smallest absolute Gasteiger partial charge is 0.224 e. The molecule has 1 unspecified atom stereocenters. The van der Waals surface area contributed by atoms with E-state index >= 15 is 0 Å². The lowest BCUT2D eigenvalue weighted by Gasteiger charge is -2.32. The number of likely N-dealkylation sites (tertiary alicyclic amines) is 1. The molecule has 2 amide bonds. The van der Waals surface area contributed by atoms with Gasteiger partial charge in [0.15, 0.2) is 0 Å². The number of nitrogens with two attached hydrogens (primary N) is 1. The maximum Gasteiger partial charge on any atom is 0.224 e. The topological polar surface area (TPSA) is 75.4 Å². The van der Waals surface area contributed by atoms with Crippen molar-refractivity contribution in [3.63, 3.8) is 0 Å². The Hall–Kier alpha value is -1.11. The molecule has 142 valence electrons. The lowest BCUT2D eigenvalue weighted by Crippen LogP contribution is -2.46. The second-order valence-corrected chi connectivity index (χ2v) is 8.01. The maximum absolute atomic E-state index is 12.4. The van der Waals surface area contributed by atoms with Gasteiger partial charge in [0.25, 0.3) is 0 Å². The number of hydrogen-bond acceptors (Lipinski definition) is 4. The molecule has 0 bridgehead atoms. The van der Waals surface area contributed by atoms with E-state index in [0.717, 1.165) is 32.2 Å². The highest BCUT2D eigenvalue weighted by atomic mass is 35.5. The summed E-state index contributed by atoms with van der Waals surface area (Å²) in [5, 5.41) is 2.83. The second-order valence-electron chi connectivity index (χ2n) is 6.55. The zero-order valence-corrected chi connectivity index (χ0v) is 16.8. The number of nitrogens with one attached hydrogen (secondary N) is 1. The first kappa shape index (κ1) is 21.9. The van der Waals surface area contributed by atoms with Crippen molar-refractivity contribution >= 4 is 35.6 Å². The summed E-state index contributed by atoms with van der Waals surface area (Å²) in [4.78, 5) is 29.0. The maximum atomic E-state index is 12.4. The molecule has 1 saturated heterocycles. The molecule has 1 aromatic heterocycles. The molecule has 1 aliphatic rings. The van der Waals surface area contributed by atoms with Crippen molar-refractivity contribution in [2.45, 2.75) is 46.0 Å². The number of nitrogens with zero attached hydrogens (tertiary/aromatic N) is 1. The van der Waals surface area contributed by atoms with Crippen molar-refractivity contribution in [2.24, 2.45) is 11.7 Å². The van der Waals surface area contributed by atoms with E-state index in [4.69, 9.17) is 5.73 Å². The summed E-state index contributed by atoms with van der Waals surface area (Å²) in [6.07, 6.45) is 4.14. The minimum atomic E-state index is -0.0870. The van der Waals surface area contributed by atoms with E-state index in [1.54, 1.807) is 0 Å². The Kier molecular flexibility index (Phi) is 9.46. The van der Waals surface area contributed by atoms with Gasteiger partial charge in [-0.1, -0.05) is 0 Å². The van der Waals surface area contributed by atoms with E-state index in [9.17, 15) is 9.59 Å². The molecular weight excluding hydrogens is 358 g/mol. The van der Waals surface area contributed by atoms with Gasteiger partial charge in [-0.05, 0) is 51.2 Å². The van der Waals surface area contributed by atoms with Gasteiger partial charge in [-0.15, -0.1) is 23.7 Å². The number of thiophene rings is 1. The third-order valence-electron chi connectivity index (χ3n) is 4.57. The Bertz CT molecular complexity index is 577. The fraction of sp³-hybridized carbons (Fsp3) is 0.667. The van der Waals surface area contributed by atoms with Crippen LogP contribution in [-0.2, 0) is 16.0 Å². The third kappa shape index (κ3) is 6.60. The van der Waals surface area contributed by atoms with Crippen LogP contribution in [0.2, 0.25) is 0 Å². The van der Waals surface area contributed by atoms with Gasteiger partial charge in [0, 0.05) is 42.4 Å². The van der Waals surface area contributed by atoms with E-state index in [2.05, 4.69) is 25.2 Å². The summed E-state index contributed by atoms with van der Waals surface area (Å²) >= 11 is 1.82. The fourth-order valence-corrected chi connectivity index (χ4v) is 4.25. The molecule has 0 spiro atoms. The van der Waals surface area contributed by atoms with Gasteiger partial charge in [-0.25, -0.2) is 0 Å². The molecule has 2 rings (SSSR count). The Morgan fingerprint density at radius 3 is 2.80 bits per heavy atom. The van der Waals surface area contributed by atoms with Gasteiger partial charge in [-0.3, -0.25) is 9.59 Å². The summed E-state index contributed by atoms with van der Waals surface area (Å²) in [6.45, 7) is 6.53. The van der Waals surface area contributed by atoms with Crippen LogP contribution in [0.25, 0.3) is 0 Å². The van der Waals surface area contributed by atoms with Crippen molar-refractivity contribution in [3.05, 3.63) is 21.4 Å². The number of halogens is 1. The minimum Gasteiger partial charge on any atom is -0.355 e. The molecule has 2 heterocycles. The van der Waals surface area contributed by atoms with Gasteiger partial charge >= 0.3 is 0 Å². The molecule has 0 aromatic carbocycles. The summed E-state index contributed by atoms with van der Waals surface area (Å²) < 4.78 is 0. The third-order valence-corrected chi connectivity index (χ3v) is 5.58. The van der Waals surface area contributed by atoms with Crippen LogP contribution in [-0.4, -0.2) is 42.9 Å². The van der Waals surface area contributed by atoms with E-state index in [0.29, 0.717) is 26.1 Å². The van der Waals surface area contributed by atoms with Crippen molar-refractivity contribution in [2.75, 3.05) is 26.2 Å². The first-order valence-electron chi connectivity index (χ1n) is 8.82. The van der Waals surface area contributed by atoms with Crippen LogP contribution in [0.15, 0.2) is 6.07 Å². The van der Waals surface area contributed by atoms with Crippen LogP contribution < -0.4 is 11.1 Å². The molecular formula is C18H30ClN3O2S. The minimum absolute atomic E-state index is 0. The van der Waals surface area contributed by atoms with Crippen LogP contribution in [0.3, 0.4) is 0 Å². The van der Waals surface area contributed by atoms with E-state index < -0.39 is 0 Å². The number of rotatable bonds is 7. The highest BCUT2D eigenvalue weighted by Gasteiger charge is 2.27. The summed E-state index contributed by atoms with van der Waals surface area (Å²) in [6, 6.07) is 2.23. The van der Waals surface area contributed by atoms with Gasteiger partial charge in [0.1, 0.15) is 0 Å². The Labute approximate surface area is 160 Å². The molecule has 0 saturated carbocycles. The summed E-state index contributed by atoms with van der Waals surface area (Å²) in [5.41, 5.74) is 6.78. The van der Waals surface area contributed by atoms with Crippen LogP contribution >= 0.6 is 23.7 Å². The fourth-order valence-electron chi connectivity index (χ4n) is 3.28. The van der Waals surface area contributed by atoms with Crippen LogP contribution in [0, 0.1) is 19.8 Å². The Morgan fingerprint density at radius 1 is 1.40 bits per heavy atom. The quantitative estimate of drug-likeness (QED) is 0.754. The van der Waals surface area contributed by atoms with Crippen LogP contribution in [0.1, 0.15) is 41.0 Å². The van der Waals surface area contributed by atoms with E-state index in [1.807, 2.05) is 16.2 Å². The number of carbonyl (C=O) groups is 2. The molecule has 0 radical (unpaired) electrons. The number of amides is 2. The predicted octanol–water partition coefficient (Wildman–Crippen LogP) is 2.42. The predicted molar refractivity (Wildman–Crippen MR) is 105 cm³/mol. The average molecular weight is 388 g/mol. The lowest BCUT2D eigenvalue weighted by atomic mass is 9.96. The first-order valence-corrected chi connectivity index (χ1v) is 9.64.